The third kappa shape index (κ3) is 2.97. The second kappa shape index (κ2) is 6.97. The topological polar surface area (TPSA) is 71.8 Å². The van der Waals surface area contributed by atoms with Gasteiger partial charge in [0, 0.05) is 37.9 Å². The first-order valence-corrected chi connectivity index (χ1v) is 9.17. The Morgan fingerprint density at radius 3 is 2.46 bits per heavy atom. The highest BCUT2D eigenvalue weighted by Gasteiger charge is 2.19. The molecule has 0 unspecified atom stereocenters. The lowest BCUT2D eigenvalue weighted by Crippen LogP contribution is -2.43. The van der Waals surface area contributed by atoms with Crippen LogP contribution in [0.3, 0.4) is 0 Å². The zero-order valence-electron chi connectivity index (χ0n) is 15.1. The summed E-state index contributed by atoms with van der Waals surface area (Å²) in [6.07, 6.45) is 3.18. The van der Waals surface area contributed by atoms with E-state index in [1.165, 1.54) is 18.5 Å². The molecule has 0 aliphatic carbocycles. The molecule has 1 N–H and O–H groups in total. The highest BCUT2D eigenvalue weighted by Crippen LogP contribution is 2.28. The molecule has 140 valence electrons. The van der Waals surface area contributed by atoms with Gasteiger partial charge >= 0.3 is 0 Å². The maximum Gasteiger partial charge on any atom is 0.168 e. The quantitative estimate of drug-likeness (QED) is 0.593. The normalized spacial score (nSPS) is 14.5. The van der Waals surface area contributed by atoms with Crippen molar-refractivity contribution in [1.82, 2.24) is 29.8 Å². The minimum Gasteiger partial charge on any atom is -0.354 e. The van der Waals surface area contributed by atoms with Crippen LogP contribution in [-0.2, 0) is 0 Å². The average Bonchev–Trinajstić information content (AvgIpc) is 3.14. The molecule has 8 heteroatoms. The van der Waals surface area contributed by atoms with Crippen LogP contribution in [-0.4, -0.2) is 50.7 Å². The van der Waals surface area contributed by atoms with Gasteiger partial charge in [-0.15, -0.1) is 0 Å². The van der Waals surface area contributed by atoms with Crippen LogP contribution in [0.2, 0.25) is 0 Å². The fraction of sp³-hybridized carbons (Fsp3) is 0.200. The molecule has 0 atom stereocenters. The Morgan fingerprint density at radius 2 is 1.71 bits per heavy atom. The molecular formula is C20H18FN7. The molecule has 1 aliphatic heterocycles. The van der Waals surface area contributed by atoms with Crippen LogP contribution < -0.4 is 10.2 Å². The Bertz CT molecular complexity index is 1100. The van der Waals surface area contributed by atoms with E-state index in [0.717, 1.165) is 43.1 Å². The second-order valence-electron chi connectivity index (χ2n) is 6.59. The highest BCUT2D eigenvalue weighted by atomic mass is 19.1. The number of pyridine rings is 1. The number of rotatable bonds is 3. The first-order valence-electron chi connectivity index (χ1n) is 9.17. The highest BCUT2D eigenvalue weighted by molar-refractivity contribution is 5.81. The molecule has 0 radical (unpaired) electrons. The van der Waals surface area contributed by atoms with E-state index in [4.69, 9.17) is 9.97 Å². The SMILES string of the molecule is Fc1ccc(-c2nc3ccc(N4CCNCC4)nc3n2-c2ccncn2)cc1. The zero-order valence-corrected chi connectivity index (χ0v) is 15.1. The maximum absolute atomic E-state index is 13.4. The van der Waals surface area contributed by atoms with Gasteiger partial charge in [-0.25, -0.2) is 24.3 Å². The summed E-state index contributed by atoms with van der Waals surface area (Å²) in [5.41, 5.74) is 2.27. The maximum atomic E-state index is 13.4. The predicted molar refractivity (Wildman–Crippen MR) is 105 cm³/mol. The molecule has 0 amide bonds. The second-order valence-corrected chi connectivity index (χ2v) is 6.59. The average molecular weight is 375 g/mol. The summed E-state index contributed by atoms with van der Waals surface area (Å²) in [6, 6.07) is 12.1. The summed E-state index contributed by atoms with van der Waals surface area (Å²) >= 11 is 0. The molecule has 4 aromatic rings. The number of hydrogen-bond acceptors (Lipinski definition) is 6. The van der Waals surface area contributed by atoms with E-state index >= 15 is 0 Å². The van der Waals surface area contributed by atoms with Crippen molar-refractivity contribution < 1.29 is 4.39 Å². The summed E-state index contributed by atoms with van der Waals surface area (Å²) in [6.45, 7) is 3.69. The number of halogens is 1. The monoisotopic (exact) mass is 375 g/mol. The van der Waals surface area contributed by atoms with Crippen LogP contribution in [0.4, 0.5) is 10.2 Å². The number of anilines is 1. The Morgan fingerprint density at radius 1 is 0.893 bits per heavy atom. The fourth-order valence-electron chi connectivity index (χ4n) is 3.44. The van der Waals surface area contributed by atoms with Gasteiger partial charge in [-0.2, -0.15) is 0 Å². The van der Waals surface area contributed by atoms with Crippen LogP contribution in [0.1, 0.15) is 0 Å². The molecule has 0 bridgehead atoms. The summed E-state index contributed by atoms with van der Waals surface area (Å²) < 4.78 is 15.3. The molecule has 1 saturated heterocycles. The van der Waals surface area contributed by atoms with Crippen molar-refractivity contribution >= 4 is 17.0 Å². The smallest absolute Gasteiger partial charge is 0.168 e. The van der Waals surface area contributed by atoms with Gasteiger partial charge in [0.15, 0.2) is 5.65 Å². The van der Waals surface area contributed by atoms with Crippen LogP contribution in [0.15, 0.2) is 55.0 Å². The Hall–Kier alpha value is -3.39. The van der Waals surface area contributed by atoms with Crippen molar-refractivity contribution in [3.8, 4) is 17.2 Å². The van der Waals surface area contributed by atoms with E-state index in [2.05, 4.69) is 20.2 Å². The Labute approximate surface area is 160 Å². The molecular weight excluding hydrogens is 357 g/mol. The number of nitrogens with zero attached hydrogens (tertiary/aromatic N) is 6. The van der Waals surface area contributed by atoms with Crippen LogP contribution in [0.25, 0.3) is 28.4 Å². The summed E-state index contributed by atoms with van der Waals surface area (Å²) in [5, 5.41) is 3.35. The number of nitrogens with one attached hydrogen (secondary N) is 1. The molecule has 1 fully saturated rings. The number of hydrogen-bond donors (Lipinski definition) is 1. The van der Waals surface area contributed by atoms with Gasteiger partial charge in [-0.05, 0) is 42.5 Å². The van der Waals surface area contributed by atoms with Crippen molar-refractivity contribution in [2.45, 2.75) is 0 Å². The van der Waals surface area contributed by atoms with Gasteiger partial charge in [-0.1, -0.05) is 0 Å². The molecule has 0 spiro atoms. The van der Waals surface area contributed by atoms with Gasteiger partial charge in [0.1, 0.15) is 35.1 Å². The lowest BCUT2D eigenvalue weighted by atomic mass is 10.2. The summed E-state index contributed by atoms with van der Waals surface area (Å²) in [5.74, 6) is 1.96. The van der Waals surface area contributed by atoms with Crippen LogP contribution >= 0.6 is 0 Å². The fourth-order valence-corrected chi connectivity index (χ4v) is 3.44. The van der Waals surface area contributed by atoms with Gasteiger partial charge in [0.2, 0.25) is 0 Å². The first-order chi connectivity index (χ1) is 13.8. The molecule has 1 aromatic carbocycles. The Kier molecular flexibility index (Phi) is 4.17. The number of aromatic nitrogens is 5. The van der Waals surface area contributed by atoms with Crippen molar-refractivity contribution in [3.63, 3.8) is 0 Å². The predicted octanol–water partition coefficient (Wildman–Crippen LogP) is 2.43. The van der Waals surface area contributed by atoms with E-state index in [0.29, 0.717) is 17.3 Å². The largest absolute Gasteiger partial charge is 0.354 e. The minimum absolute atomic E-state index is 0.285. The van der Waals surface area contributed by atoms with Crippen LogP contribution in [0, 0.1) is 5.82 Å². The molecule has 1 aliphatic rings. The standard InChI is InChI=1S/C20H18FN7/c21-15-3-1-14(2-4-15)19-25-16-5-6-18(27-11-9-22-10-12-27)26-20(16)28(19)17-7-8-23-13-24-17/h1-8,13,22H,9-12H2. The molecule has 28 heavy (non-hydrogen) atoms. The molecule has 4 heterocycles. The molecule has 5 rings (SSSR count). The van der Waals surface area contributed by atoms with E-state index in [1.807, 2.05) is 22.8 Å². The zero-order chi connectivity index (χ0) is 18.9. The van der Waals surface area contributed by atoms with E-state index < -0.39 is 0 Å². The third-order valence-electron chi connectivity index (χ3n) is 4.83. The van der Waals surface area contributed by atoms with Gasteiger partial charge in [0.25, 0.3) is 0 Å². The van der Waals surface area contributed by atoms with Gasteiger partial charge in [0.05, 0.1) is 0 Å². The Balaban J connectivity index is 1.71. The number of piperazine rings is 1. The molecule has 0 saturated carbocycles. The lowest BCUT2D eigenvalue weighted by Gasteiger charge is -2.28. The number of imidazole rings is 1. The van der Waals surface area contributed by atoms with E-state index in [1.54, 1.807) is 18.3 Å². The molecule has 7 nitrogen and oxygen atoms in total. The van der Waals surface area contributed by atoms with Gasteiger partial charge in [-0.3, -0.25) is 4.57 Å². The summed E-state index contributed by atoms with van der Waals surface area (Å²) in [7, 11) is 0. The number of fused-ring (bicyclic) bond motifs is 1. The van der Waals surface area contributed by atoms with Crippen molar-refractivity contribution in [2.75, 3.05) is 31.1 Å². The van der Waals surface area contributed by atoms with E-state index in [-0.39, 0.29) is 5.82 Å². The van der Waals surface area contributed by atoms with Crippen molar-refractivity contribution in [2.24, 2.45) is 0 Å². The number of benzene rings is 1. The van der Waals surface area contributed by atoms with E-state index in [9.17, 15) is 4.39 Å². The van der Waals surface area contributed by atoms with Crippen LogP contribution in [0.5, 0.6) is 0 Å². The first kappa shape index (κ1) is 16.8. The third-order valence-corrected chi connectivity index (χ3v) is 4.83. The summed E-state index contributed by atoms with van der Waals surface area (Å²) in [4.78, 5) is 20.3. The van der Waals surface area contributed by atoms with Crippen molar-refractivity contribution in [3.05, 3.63) is 60.8 Å². The van der Waals surface area contributed by atoms with Crippen molar-refractivity contribution in [1.29, 1.82) is 0 Å². The minimum atomic E-state index is -0.285. The van der Waals surface area contributed by atoms with Gasteiger partial charge < -0.3 is 10.2 Å². The lowest BCUT2D eigenvalue weighted by molar-refractivity contribution is 0.585. The molecule has 3 aromatic heterocycles.